The van der Waals surface area contributed by atoms with E-state index in [0.717, 1.165) is 12.0 Å². The van der Waals surface area contributed by atoms with Crippen molar-refractivity contribution in [1.82, 2.24) is 15.1 Å². The molecule has 2 N–H and O–H groups in total. The van der Waals surface area contributed by atoms with Crippen molar-refractivity contribution < 1.29 is 5.11 Å². The van der Waals surface area contributed by atoms with Crippen LogP contribution in [-0.4, -0.2) is 27.5 Å². The third-order valence-electron chi connectivity index (χ3n) is 3.36. The Kier molecular flexibility index (Phi) is 5.82. The number of aliphatic hydroxyl groups is 1. The molecule has 0 amide bonds. The van der Waals surface area contributed by atoms with Gasteiger partial charge in [0, 0.05) is 31.4 Å². The molecule has 0 aliphatic carbocycles. The minimum Gasteiger partial charge on any atom is -0.384 e. The molecule has 1 aromatic rings. The Morgan fingerprint density at radius 3 is 2.78 bits per heavy atom. The van der Waals surface area contributed by atoms with Crippen molar-refractivity contribution in [2.24, 2.45) is 7.05 Å². The van der Waals surface area contributed by atoms with E-state index in [1.807, 2.05) is 20.2 Å². The standard InChI is InChI=1S/C14H27N3O/c1-5-6-7-8-12(2)15-11-14(3,18)13-9-16-17(4)10-13/h9-10,12,15,18H,5-8,11H2,1-4H3. The van der Waals surface area contributed by atoms with E-state index >= 15 is 0 Å². The molecule has 0 spiro atoms. The van der Waals surface area contributed by atoms with Crippen LogP contribution in [0.3, 0.4) is 0 Å². The van der Waals surface area contributed by atoms with E-state index in [9.17, 15) is 5.11 Å². The first-order chi connectivity index (χ1) is 8.45. The van der Waals surface area contributed by atoms with Crippen LogP contribution in [0.2, 0.25) is 0 Å². The lowest BCUT2D eigenvalue weighted by molar-refractivity contribution is 0.0539. The monoisotopic (exact) mass is 253 g/mol. The second-order valence-corrected chi connectivity index (χ2v) is 5.45. The van der Waals surface area contributed by atoms with Crippen molar-refractivity contribution in [1.29, 1.82) is 0 Å². The molecule has 0 aliphatic heterocycles. The van der Waals surface area contributed by atoms with Crippen LogP contribution in [0, 0.1) is 0 Å². The summed E-state index contributed by atoms with van der Waals surface area (Å²) in [5, 5.41) is 17.9. The molecule has 0 saturated carbocycles. The normalized spacial score (nSPS) is 16.5. The molecular formula is C14H27N3O. The molecule has 4 heteroatoms. The third-order valence-corrected chi connectivity index (χ3v) is 3.36. The number of hydrogen-bond donors (Lipinski definition) is 2. The average molecular weight is 253 g/mol. The summed E-state index contributed by atoms with van der Waals surface area (Å²) in [4.78, 5) is 0. The van der Waals surface area contributed by atoms with Gasteiger partial charge in [-0.05, 0) is 20.3 Å². The van der Waals surface area contributed by atoms with Crippen LogP contribution in [0.15, 0.2) is 12.4 Å². The Bertz CT molecular complexity index is 347. The Morgan fingerprint density at radius 2 is 2.22 bits per heavy atom. The van der Waals surface area contributed by atoms with Gasteiger partial charge in [-0.25, -0.2) is 0 Å². The van der Waals surface area contributed by atoms with Crippen molar-refractivity contribution in [2.45, 2.75) is 58.1 Å². The SMILES string of the molecule is CCCCCC(C)NCC(C)(O)c1cnn(C)c1. The van der Waals surface area contributed by atoms with Gasteiger partial charge in [0.25, 0.3) is 0 Å². The Hall–Kier alpha value is -0.870. The molecule has 4 nitrogen and oxygen atoms in total. The first-order valence-corrected chi connectivity index (χ1v) is 6.90. The fourth-order valence-electron chi connectivity index (χ4n) is 1.98. The summed E-state index contributed by atoms with van der Waals surface area (Å²) in [6.07, 6.45) is 8.54. The maximum absolute atomic E-state index is 10.4. The van der Waals surface area contributed by atoms with Crippen LogP contribution >= 0.6 is 0 Å². The van der Waals surface area contributed by atoms with Crippen molar-refractivity contribution in [3.8, 4) is 0 Å². The molecular weight excluding hydrogens is 226 g/mol. The van der Waals surface area contributed by atoms with Gasteiger partial charge in [0.2, 0.25) is 0 Å². The molecule has 18 heavy (non-hydrogen) atoms. The van der Waals surface area contributed by atoms with Crippen molar-refractivity contribution in [3.05, 3.63) is 18.0 Å². The number of rotatable bonds is 8. The molecule has 2 atom stereocenters. The van der Waals surface area contributed by atoms with Gasteiger partial charge in [0.05, 0.1) is 6.20 Å². The fourth-order valence-corrected chi connectivity index (χ4v) is 1.98. The van der Waals surface area contributed by atoms with Crippen molar-refractivity contribution in [3.63, 3.8) is 0 Å². The summed E-state index contributed by atoms with van der Waals surface area (Å²) in [7, 11) is 1.86. The number of hydrogen-bond acceptors (Lipinski definition) is 3. The molecule has 1 aromatic heterocycles. The van der Waals surface area contributed by atoms with E-state index in [4.69, 9.17) is 0 Å². The molecule has 0 aliphatic rings. The van der Waals surface area contributed by atoms with Gasteiger partial charge in [0.1, 0.15) is 5.60 Å². The zero-order chi connectivity index (χ0) is 13.6. The summed E-state index contributed by atoms with van der Waals surface area (Å²) >= 11 is 0. The molecule has 1 heterocycles. The van der Waals surface area contributed by atoms with E-state index in [1.54, 1.807) is 10.9 Å². The van der Waals surface area contributed by atoms with Crippen LogP contribution in [-0.2, 0) is 12.6 Å². The molecule has 0 aromatic carbocycles. The Labute approximate surface area is 110 Å². The Balaban J connectivity index is 2.37. The van der Waals surface area contributed by atoms with Gasteiger partial charge in [-0.15, -0.1) is 0 Å². The van der Waals surface area contributed by atoms with Gasteiger partial charge in [0.15, 0.2) is 0 Å². The fraction of sp³-hybridized carbons (Fsp3) is 0.786. The lowest BCUT2D eigenvalue weighted by atomic mass is 9.99. The van der Waals surface area contributed by atoms with Gasteiger partial charge in [-0.2, -0.15) is 5.10 Å². The quantitative estimate of drug-likeness (QED) is 0.698. The van der Waals surface area contributed by atoms with E-state index in [1.165, 1.54) is 19.3 Å². The molecule has 104 valence electrons. The second-order valence-electron chi connectivity index (χ2n) is 5.45. The van der Waals surface area contributed by atoms with Crippen LogP contribution in [0.4, 0.5) is 0 Å². The topological polar surface area (TPSA) is 50.1 Å². The van der Waals surface area contributed by atoms with Gasteiger partial charge in [-0.1, -0.05) is 26.2 Å². The Morgan fingerprint density at radius 1 is 1.50 bits per heavy atom. The smallest absolute Gasteiger partial charge is 0.102 e. The summed E-state index contributed by atoms with van der Waals surface area (Å²) in [6.45, 7) is 6.78. The highest BCUT2D eigenvalue weighted by Gasteiger charge is 2.24. The highest BCUT2D eigenvalue weighted by atomic mass is 16.3. The lowest BCUT2D eigenvalue weighted by Gasteiger charge is -2.25. The second kappa shape index (κ2) is 6.90. The molecule has 0 bridgehead atoms. The summed E-state index contributed by atoms with van der Waals surface area (Å²) < 4.78 is 1.72. The zero-order valence-electron chi connectivity index (χ0n) is 12.1. The average Bonchev–Trinajstić information content (AvgIpc) is 2.75. The molecule has 2 unspecified atom stereocenters. The minimum absolute atomic E-state index is 0.444. The molecule has 0 radical (unpaired) electrons. The van der Waals surface area contributed by atoms with Crippen molar-refractivity contribution in [2.75, 3.05) is 6.54 Å². The maximum Gasteiger partial charge on any atom is 0.102 e. The van der Waals surface area contributed by atoms with E-state index in [0.29, 0.717) is 12.6 Å². The van der Waals surface area contributed by atoms with Crippen LogP contribution in [0.1, 0.15) is 52.0 Å². The van der Waals surface area contributed by atoms with Crippen molar-refractivity contribution >= 4 is 0 Å². The number of aromatic nitrogens is 2. The van der Waals surface area contributed by atoms with E-state index < -0.39 is 5.60 Å². The predicted molar refractivity (Wildman–Crippen MR) is 74.4 cm³/mol. The number of nitrogens with zero attached hydrogens (tertiary/aromatic N) is 2. The highest BCUT2D eigenvalue weighted by molar-refractivity contribution is 5.14. The van der Waals surface area contributed by atoms with Gasteiger partial charge >= 0.3 is 0 Å². The van der Waals surface area contributed by atoms with Crippen LogP contribution in [0.25, 0.3) is 0 Å². The number of unbranched alkanes of at least 4 members (excludes halogenated alkanes) is 2. The third kappa shape index (κ3) is 4.78. The first-order valence-electron chi connectivity index (χ1n) is 6.90. The predicted octanol–water partition coefficient (Wildman–Crippen LogP) is 2.19. The first kappa shape index (κ1) is 15.2. The number of aryl methyl sites for hydroxylation is 1. The summed E-state index contributed by atoms with van der Waals surface area (Å²) in [5.74, 6) is 0. The highest BCUT2D eigenvalue weighted by Crippen LogP contribution is 2.19. The molecule has 0 saturated heterocycles. The largest absolute Gasteiger partial charge is 0.384 e. The summed E-state index contributed by atoms with van der Waals surface area (Å²) in [5.41, 5.74) is 0.00561. The zero-order valence-corrected chi connectivity index (χ0v) is 12.1. The summed E-state index contributed by atoms with van der Waals surface area (Å²) in [6, 6.07) is 0.444. The molecule has 1 rings (SSSR count). The maximum atomic E-state index is 10.4. The minimum atomic E-state index is -0.854. The van der Waals surface area contributed by atoms with E-state index in [-0.39, 0.29) is 0 Å². The number of nitrogens with one attached hydrogen (secondary N) is 1. The van der Waals surface area contributed by atoms with Crippen LogP contribution in [0.5, 0.6) is 0 Å². The molecule has 0 fully saturated rings. The van der Waals surface area contributed by atoms with Gasteiger partial charge in [-0.3, -0.25) is 4.68 Å². The van der Waals surface area contributed by atoms with Gasteiger partial charge < -0.3 is 10.4 Å². The van der Waals surface area contributed by atoms with E-state index in [2.05, 4.69) is 24.3 Å². The lowest BCUT2D eigenvalue weighted by Crippen LogP contribution is -2.39. The van der Waals surface area contributed by atoms with Crippen LogP contribution < -0.4 is 5.32 Å².